The van der Waals surface area contributed by atoms with Crippen molar-refractivity contribution < 1.29 is 9.47 Å². The molecule has 0 heterocycles. The molecule has 106 valence electrons. The van der Waals surface area contributed by atoms with Gasteiger partial charge in [0.2, 0.25) is 0 Å². The van der Waals surface area contributed by atoms with Gasteiger partial charge >= 0.3 is 0 Å². The molecule has 3 nitrogen and oxygen atoms in total. The fourth-order valence-corrected chi connectivity index (χ4v) is 1.96. The lowest BCUT2D eigenvalue weighted by atomic mass is 10.1. The van der Waals surface area contributed by atoms with Crippen LogP contribution in [0, 0.1) is 0 Å². The minimum absolute atomic E-state index is 0.0305. The molecule has 3 heteroatoms. The molecule has 0 aliphatic heterocycles. The molecule has 2 rings (SSSR count). The van der Waals surface area contributed by atoms with Gasteiger partial charge in [-0.15, -0.1) is 0 Å². The summed E-state index contributed by atoms with van der Waals surface area (Å²) >= 11 is 0. The molecule has 0 bridgehead atoms. The number of anilines is 1. The van der Waals surface area contributed by atoms with Gasteiger partial charge in [0, 0.05) is 23.9 Å². The summed E-state index contributed by atoms with van der Waals surface area (Å²) in [4.78, 5) is 0. The SMILES string of the molecule is CCCOc1cc(N)cc(OC(C)c2ccccc2)c1. The molecule has 20 heavy (non-hydrogen) atoms. The van der Waals surface area contributed by atoms with Crippen LogP contribution < -0.4 is 15.2 Å². The molecule has 0 spiro atoms. The number of hydrogen-bond acceptors (Lipinski definition) is 3. The van der Waals surface area contributed by atoms with E-state index in [-0.39, 0.29) is 6.10 Å². The summed E-state index contributed by atoms with van der Waals surface area (Å²) in [5.41, 5.74) is 7.66. The molecule has 0 fully saturated rings. The topological polar surface area (TPSA) is 44.5 Å². The molecule has 1 unspecified atom stereocenters. The zero-order chi connectivity index (χ0) is 14.4. The lowest BCUT2D eigenvalue weighted by Gasteiger charge is -2.16. The van der Waals surface area contributed by atoms with Crippen molar-refractivity contribution in [3.8, 4) is 11.5 Å². The van der Waals surface area contributed by atoms with E-state index in [1.165, 1.54) is 0 Å². The van der Waals surface area contributed by atoms with E-state index in [9.17, 15) is 0 Å². The van der Waals surface area contributed by atoms with Gasteiger partial charge in [-0.2, -0.15) is 0 Å². The van der Waals surface area contributed by atoms with Crippen LogP contribution in [0.25, 0.3) is 0 Å². The largest absolute Gasteiger partial charge is 0.493 e. The van der Waals surface area contributed by atoms with Gasteiger partial charge in [-0.05, 0) is 18.9 Å². The number of nitrogens with two attached hydrogens (primary N) is 1. The molecule has 0 radical (unpaired) electrons. The predicted octanol–water partition coefficient (Wildman–Crippen LogP) is 4.20. The Morgan fingerprint density at radius 2 is 1.75 bits per heavy atom. The van der Waals surface area contributed by atoms with Crippen molar-refractivity contribution >= 4 is 5.69 Å². The summed E-state index contributed by atoms with van der Waals surface area (Å²) in [6, 6.07) is 15.6. The van der Waals surface area contributed by atoms with E-state index in [1.54, 1.807) is 0 Å². The summed E-state index contributed by atoms with van der Waals surface area (Å²) in [5.74, 6) is 1.48. The maximum Gasteiger partial charge on any atom is 0.125 e. The van der Waals surface area contributed by atoms with Crippen LogP contribution in [0.3, 0.4) is 0 Å². The molecule has 0 amide bonds. The number of benzene rings is 2. The van der Waals surface area contributed by atoms with E-state index >= 15 is 0 Å². The summed E-state index contributed by atoms with van der Waals surface area (Å²) in [6.07, 6.45) is 0.933. The first-order valence-electron chi connectivity index (χ1n) is 6.94. The van der Waals surface area contributed by atoms with Crippen molar-refractivity contribution in [2.75, 3.05) is 12.3 Å². The number of nitrogen functional groups attached to an aromatic ring is 1. The third kappa shape index (κ3) is 3.92. The highest BCUT2D eigenvalue weighted by molar-refractivity contribution is 5.50. The van der Waals surface area contributed by atoms with Gasteiger partial charge in [0.05, 0.1) is 6.61 Å². The minimum Gasteiger partial charge on any atom is -0.493 e. The monoisotopic (exact) mass is 271 g/mol. The normalized spacial score (nSPS) is 11.9. The van der Waals surface area contributed by atoms with E-state index in [4.69, 9.17) is 15.2 Å². The van der Waals surface area contributed by atoms with Crippen LogP contribution in [-0.4, -0.2) is 6.61 Å². The van der Waals surface area contributed by atoms with Gasteiger partial charge < -0.3 is 15.2 Å². The van der Waals surface area contributed by atoms with E-state index < -0.39 is 0 Å². The number of hydrogen-bond donors (Lipinski definition) is 1. The molecule has 0 saturated heterocycles. The van der Waals surface area contributed by atoms with Crippen LogP contribution in [-0.2, 0) is 0 Å². The Morgan fingerprint density at radius 3 is 2.45 bits per heavy atom. The summed E-state index contributed by atoms with van der Waals surface area (Å²) < 4.78 is 11.5. The van der Waals surface area contributed by atoms with Crippen LogP contribution in [0.5, 0.6) is 11.5 Å². The van der Waals surface area contributed by atoms with Gasteiger partial charge in [-0.3, -0.25) is 0 Å². The second-order valence-electron chi connectivity index (χ2n) is 4.76. The second-order valence-corrected chi connectivity index (χ2v) is 4.76. The van der Waals surface area contributed by atoms with Gasteiger partial charge in [-0.1, -0.05) is 37.3 Å². The second kappa shape index (κ2) is 6.85. The van der Waals surface area contributed by atoms with E-state index in [0.717, 1.165) is 23.5 Å². The lowest BCUT2D eigenvalue weighted by Crippen LogP contribution is -2.04. The summed E-state index contributed by atoms with van der Waals surface area (Å²) in [6.45, 7) is 4.77. The first-order chi connectivity index (χ1) is 9.69. The van der Waals surface area contributed by atoms with Crippen molar-refractivity contribution in [1.82, 2.24) is 0 Å². The van der Waals surface area contributed by atoms with Gasteiger partial charge in [0.1, 0.15) is 17.6 Å². The predicted molar refractivity (Wildman–Crippen MR) is 82.1 cm³/mol. The molecular weight excluding hydrogens is 250 g/mol. The lowest BCUT2D eigenvalue weighted by molar-refractivity contribution is 0.225. The van der Waals surface area contributed by atoms with Crippen LogP contribution in [0.15, 0.2) is 48.5 Å². The Balaban J connectivity index is 2.10. The van der Waals surface area contributed by atoms with Gasteiger partial charge in [0.25, 0.3) is 0 Å². The van der Waals surface area contributed by atoms with E-state index in [2.05, 4.69) is 6.92 Å². The van der Waals surface area contributed by atoms with E-state index in [0.29, 0.717) is 12.3 Å². The van der Waals surface area contributed by atoms with Crippen molar-refractivity contribution in [2.45, 2.75) is 26.4 Å². The molecule has 1 atom stereocenters. The Hall–Kier alpha value is -2.16. The first kappa shape index (κ1) is 14.3. The standard InChI is InChI=1S/C17H21NO2/c1-3-9-19-16-10-15(18)11-17(12-16)20-13(2)14-7-5-4-6-8-14/h4-8,10-13H,3,9,18H2,1-2H3. The maximum atomic E-state index is 5.94. The molecule has 0 saturated carbocycles. The van der Waals surface area contributed by atoms with Crippen molar-refractivity contribution in [3.05, 3.63) is 54.1 Å². The van der Waals surface area contributed by atoms with Crippen LogP contribution in [0.4, 0.5) is 5.69 Å². The Kier molecular flexibility index (Phi) is 4.88. The highest BCUT2D eigenvalue weighted by atomic mass is 16.5. The van der Waals surface area contributed by atoms with Crippen molar-refractivity contribution in [1.29, 1.82) is 0 Å². The Morgan fingerprint density at radius 1 is 1.05 bits per heavy atom. The van der Waals surface area contributed by atoms with Gasteiger partial charge in [-0.25, -0.2) is 0 Å². The molecule has 0 aromatic heterocycles. The maximum absolute atomic E-state index is 5.94. The minimum atomic E-state index is -0.0305. The molecule has 2 aromatic carbocycles. The zero-order valence-corrected chi connectivity index (χ0v) is 12.0. The fraction of sp³-hybridized carbons (Fsp3) is 0.294. The van der Waals surface area contributed by atoms with Crippen LogP contribution in [0.1, 0.15) is 31.9 Å². The third-order valence-corrected chi connectivity index (χ3v) is 2.96. The van der Waals surface area contributed by atoms with E-state index in [1.807, 2.05) is 55.5 Å². The first-order valence-corrected chi connectivity index (χ1v) is 6.94. The molecule has 2 aromatic rings. The van der Waals surface area contributed by atoms with Crippen LogP contribution in [0.2, 0.25) is 0 Å². The third-order valence-electron chi connectivity index (χ3n) is 2.96. The molecule has 2 N–H and O–H groups in total. The van der Waals surface area contributed by atoms with Gasteiger partial charge in [0.15, 0.2) is 0 Å². The highest BCUT2D eigenvalue weighted by Gasteiger charge is 2.08. The average Bonchev–Trinajstić information content (AvgIpc) is 2.45. The van der Waals surface area contributed by atoms with Crippen LogP contribution >= 0.6 is 0 Å². The highest BCUT2D eigenvalue weighted by Crippen LogP contribution is 2.28. The summed E-state index contributed by atoms with van der Waals surface area (Å²) in [5, 5.41) is 0. The average molecular weight is 271 g/mol. The Bertz CT molecular complexity index is 540. The quantitative estimate of drug-likeness (QED) is 0.801. The smallest absolute Gasteiger partial charge is 0.125 e. The number of rotatable bonds is 6. The zero-order valence-electron chi connectivity index (χ0n) is 12.0. The molecule has 0 aliphatic rings. The molecule has 0 aliphatic carbocycles. The van der Waals surface area contributed by atoms with Crippen molar-refractivity contribution in [3.63, 3.8) is 0 Å². The fourth-order valence-electron chi connectivity index (χ4n) is 1.96. The Labute approximate surface area is 120 Å². The molecular formula is C17H21NO2. The summed E-state index contributed by atoms with van der Waals surface area (Å²) in [7, 11) is 0. The van der Waals surface area contributed by atoms with Crippen molar-refractivity contribution in [2.24, 2.45) is 0 Å². The number of ether oxygens (including phenoxy) is 2.